The van der Waals surface area contributed by atoms with Crippen LogP contribution in [0, 0.1) is 0 Å². The van der Waals surface area contributed by atoms with Gasteiger partial charge in [0.2, 0.25) is 5.90 Å². The third kappa shape index (κ3) is 1.37. The zero-order valence-corrected chi connectivity index (χ0v) is 8.51. The monoisotopic (exact) mass is 193 g/mol. The van der Waals surface area contributed by atoms with Crippen LogP contribution in [0.2, 0.25) is 0 Å². The molecular formula is C11H15NO2. The van der Waals surface area contributed by atoms with Gasteiger partial charge < -0.3 is 4.74 Å². The van der Waals surface area contributed by atoms with Crippen LogP contribution >= 0.6 is 0 Å². The number of hydrogen-bond acceptors (Lipinski definition) is 3. The molecule has 3 heteroatoms. The van der Waals surface area contributed by atoms with Crippen LogP contribution in [-0.4, -0.2) is 17.4 Å². The normalized spacial score (nSPS) is 24.6. The van der Waals surface area contributed by atoms with Gasteiger partial charge in [-0.25, -0.2) is 9.79 Å². The summed E-state index contributed by atoms with van der Waals surface area (Å²) in [4.78, 5) is 16.1. The van der Waals surface area contributed by atoms with E-state index in [1.807, 2.05) is 6.92 Å². The Labute approximate surface area is 83.9 Å². The number of ether oxygens (including phenoxy) is 1. The van der Waals surface area contributed by atoms with Crippen LogP contribution in [0.15, 0.2) is 17.1 Å². The molecule has 3 nitrogen and oxygen atoms in total. The molecular weight excluding hydrogens is 178 g/mol. The molecule has 1 fully saturated rings. The second-order valence-electron chi connectivity index (χ2n) is 4.18. The van der Waals surface area contributed by atoms with Crippen LogP contribution in [0.5, 0.6) is 0 Å². The summed E-state index contributed by atoms with van der Waals surface area (Å²) < 4.78 is 5.13. The molecule has 2 aliphatic rings. The molecule has 1 heterocycles. The van der Waals surface area contributed by atoms with Crippen molar-refractivity contribution in [3.8, 4) is 0 Å². The third-order valence-electron chi connectivity index (χ3n) is 2.93. The molecule has 2 rings (SSSR count). The van der Waals surface area contributed by atoms with Crippen LogP contribution in [0.4, 0.5) is 0 Å². The second kappa shape index (κ2) is 3.23. The average molecular weight is 193 g/mol. The van der Waals surface area contributed by atoms with Crippen molar-refractivity contribution in [1.82, 2.24) is 0 Å². The molecule has 0 aromatic heterocycles. The fraction of sp³-hybridized carbons (Fsp3) is 0.636. The molecule has 0 radical (unpaired) electrons. The highest BCUT2D eigenvalue weighted by atomic mass is 16.6. The fourth-order valence-corrected chi connectivity index (χ4v) is 2.08. The van der Waals surface area contributed by atoms with E-state index in [4.69, 9.17) is 4.74 Å². The average Bonchev–Trinajstić information content (AvgIpc) is 2.46. The number of aliphatic imine (C=N–C) groups is 1. The zero-order chi connectivity index (χ0) is 10.2. The topological polar surface area (TPSA) is 38.7 Å². The first-order valence-electron chi connectivity index (χ1n) is 5.12. The molecule has 0 saturated heterocycles. The van der Waals surface area contributed by atoms with Gasteiger partial charge in [0.05, 0.1) is 0 Å². The number of hydrogen-bond donors (Lipinski definition) is 0. The molecule has 0 atom stereocenters. The lowest BCUT2D eigenvalue weighted by atomic mass is 9.83. The summed E-state index contributed by atoms with van der Waals surface area (Å²) in [5.41, 5.74) is 0.188. The van der Waals surface area contributed by atoms with Crippen LogP contribution < -0.4 is 0 Å². The summed E-state index contributed by atoms with van der Waals surface area (Å²) in [5, 5.41) is 0. The van der Waals surface area contributed by atoms with E-state index >= 15 is 0 Å². The van der Waals surface area contributed by atoms with E-state index in [2.05, 4.69) is 11.6 Å². The van der Waals surface area contributed by atoms with Crippen LogP contribution in [0.1, 0.15) is 39.0 Å². The van der Waals surface area contributed by atoms with Crippen molar-refractivity contribution in [3.63, 3.8) is 0 Å². The Hall–Kier alpha value is -1.12. The predicted octanol–water partition coefficient (Wildman–Crippen LogP) is 2.22. The zero-order valence-electron chi connectivity index (χ0n) is 8.51. The van der Waals surface area contributed by atoms with Gasteiger partial charge in [-0.2, -0.15) is 0 Å². The van der Waals surface area contributed by atoms with Crippen molar-refractivity contribution in [3.05, 3.63) is 12.2 Å². The van der Waals surface area contributed by atoms with Gasteiger partial charge in [0.15, 0.2) is 5.54 Å². The molecule has 1 saturated carbocycles. The van der Waals surface area contributed by atoms with Gasteiger partial charge in [0.1, 0.15) is 0 Å². The lowest BCUT2D eigenvalue weighted by Gasteiger charge is -2.25. The number of cyclic esters (lactones) is 1. The number of carbonyl (C=O) groups excluding carboxylic acids is 1. The van der Waals surface area contributed by atoms with Gasteiger partial charge in [-0.15, -0.1) is 0 Å². The number of carbonyl (C=O) groups is 1. The largest absolute Gasteiger partial charge is 0.406 e. The molecule has 1 aliphatic heterocycles. The van der Waals surface area contributed by atoms with Gasteiger partial charge in [0.25, 0.3) is 0 Å². The SMILES string of the molecule is C=C(C)C1=NC2(CCCCC2)C(=O)O1. The number of esters is 1. The minimum absolute atomic E-state index is 0.171. The Balaban J connectivity index is 2.26. The lowest BCUT2D eigenvalue weighted by molar-refractivity contribution is -0.140. The highest BCUT2D eigenvalue weighted by molar-refractivity contribution is 6.07. The van der Waals surface area contributed by atoms with Gasteiger partial charge in [-0.3, -0.25) is 0 Å². The van der Waals surface area contributed by atoms with E-state index in [1.54, 1.807) is 0 Å². The Bertz CT molecular complexity index is 311. The number of rotatable bonds is 1. The highest BCUT2D eigenvalue weighted by Gasteiger charge is 2.46. The first kappa shape index (κ1) is 9.44. The Morgan fingerprint density at radius 2 is 2.07 bits per heavy atom. The number of nitrogens with zero attached hydrogens (tertiary/aromatic N) is 1. The quantitative estimate of drug-likeness (QED) is 0.599. The molecule has 0 aromatic rings. The van der Waals surface area contributed by atoms with Gasteiger partial charge in [-0.1, -0.05) is 25.8 Å². The van der Waals surface area contributed by atoms with Crippen molar-refractivity contribution in [2.75, 3.05) is 0 Å². The third-order valence-corrected chi connectivity index (χ3v) is 2.93. The Morgan fingerprint density at radius 1 is 1.43 bits per heavy atom. The summed E-state index contributed by atoms with van der Waals surface area (Å²) in [7, 11) is 0. The molecule has 0 N–H and O–H groups in total. The summed E-state index contributed by atoms with van der Waals surface area (Å²) in [5.74, 6) is 0.270. The Morgan fingerprint density at radius 3 is 2.57 bits per heavy atom. The van der Waals surface area contributed by atoms with E-state index in [1.165, 1.54) is 6.42 Å². The van der Waals surface area contributed by atoms with Crippen LogP contribution in [-0.2, 0) is 9.53 Å². The van der Waals surface area contributed by atoms with E-state index in [0.717, 1.165) is 31.3 Å². The van der Waals surface area contributed by atoms with E-state index in [0.29, 0.717) is 5.90 Å². The maximum Gasteiger partial charge on any atom is 0.340 e. The molecule has 76 valence electrons. The summed E-state index contributed by atoms with van der Waals surface area (Å²) in [6, 6.07) is 0. The maximum absolute atomic E-state index is 11.7. The fourth-order valence-electron chi connectivity index (χ4n) is 2.08. The molecule has 1 spiro atoms. The van der Waals surface area contributed by atoms with E-state index in [9.17, 15) is 4.79 Å². The molecule has 0 aromatic carbocycles. The van der Waals surface area contributed by atoms with Crippen molar-refractivity contribution >= 4 is 11.9 Å². The highest BCUT2D eigenvalue weighted by Crippen LogP contribution is 2.36. The molecule has 0 bridgehead atoms. The van der Waals surface area contributed by atoms with Gasteiger partial charge in [-0.05, 0) is 19.8 Å². The summed E-state index contributed by atoms with van der Waals surface area (Å²) >= 11 is 0. The predicted molar refractivity (Wildman–Crippen MR) is 54.2 cm³/mol. The minimum atomic E-state index is -0.549. The van der Waals surface area contributed by atoms with Crippen LogP contribution in [0.25, 0.3) is 0 Å². The minimum Gasteiger partial charge on any atom is -0.406 e. The van der Waals surface area contributed by atoms with Crippen molar-refractivity contribution < 1.29 is 9.53 Å². The molecule has 14 heavy (non-hydrogen) atoms. The molecule has 0 amide bonds. The first-order chi connectivity index (χ1) is 6.64. The summed E-state index contributed by atoms with van der Waals surface area (Å²) in [6.07, 6.45) is 5.02. The first-order valence-corrected chi connectivity index (χ1v) is 5.12. The van der Waals surface area contributed by atoms with Crippen molar-refractivity contribution in [2.45, 2.75) is 44.6 Å². The van der Waals surface area contributed by atoms with Crippen molar-refractivity contribution in [2.24, 2.45) is 4.99 Å². The van der Waals surface area contributed by atoms with Gasteiger partial charge >= 0.3 is 5.97 Å². The Kier molecular flexibility index (Phi) is 2.17. The van der Waals surface area contributed by atoms with Gasteiger partial charge in [0, 0.05) is 5.57 Å². The van der Waals surface area contributed by atoms with E-state index in [-0.39, 0.29) is 5.97 Å². The van der Waals surface area contributed by atoms with E-state index < -0.39 is 5.54 Å². The lowest BCUT2D eigenvalue weighted by Crippen LogP contribution is -2.35. The molecule has 1 aliphatic carbocycles. The summed E-state index contributed by atoms with van der Waals surface area (Å²) in [6.45, 7) is 5.56. The van der Waals surface area contributed by atoms with Crippen LogP contribution in [0.3, 0.4) is 0 Å². The maximum atomic E-state index is 11.7. The smallest absolute Gasteiger partial charge is 0.340 e. The van der Waals surface area contributed by atoms with Crippen molar-refractivity contribution in [1.29, 1.82) is 0 Å². The second-order valence-corrected chi connectivity index (χ2v) is 4.18. The molecule has 0 unspecified atom stereocenters. The standard InChI is InChI=1S/C11H15NO2/c1-8(2)9-12-11(10(13)14-9)6-4-3-5-7-11/h1,3-7H2,2H3.